The number of halogens is 4. The minimum Gasteiger partial charge on any atom is -0.490 e. The van der Waals surface area contributed by atoms with Gasteiger partial charge in [-0.25, -0.2) is 5.43 Å². The molecule has 0 spiro atoms. The Morgan fingerprint density at radius 2 is 2.13 bits per heavy atom. The highest BCUT2D eigenvalue weighted by atomic mass is 32.2. The van der Waals surface area contributed by atoms with Crippen LogP contribution in [0.25, 0.3) is 0 Å². The Hall–Kier alpha value is -1.97. The van der Waals surface area contributed by atoms with Crippen molar-refractivity contribution < 1.29 is 31.8 Å². The van der Waals surface area contributed by atoms with Gasteiger partial charge < -0.3 is 9.47 Å². The summed E-state index contributed by atoms with van der Waals surface area (Å²) in [4.78, 5) is 11.0. The van der Waals surface area contributed by atoms with Crippen LogP contribution in [0.2, 0.25) is 0 Å². The third-order valence-electron chi connectivity index (χ3n) is 2.70. The molecule has 1 aliphatic heterocycles. The molecular weight excluding hydrogens is 340 g/mol. The van der Waals surface area contributed by atoms with E-state index in [0.717, 1.165) is 17.8 Å². The van der Waals surface area contributed by atoms with Crippen molar-refractivity contribution in [3.05, 3.63) is 23.8 Å². The number of thioether (sulfide) groups is 1. The topological polar surface area (TPSA) is 59.9 Å². The van der Waals surface area contributed by atoms with E-state index in [0.29, 0.717) is 11.3 Å². The molecule has 1 aliphatic rings. The summed E-state index contributed by atoms with van der Waals surface area (Å²) in [5, 5.41) is 3.54. The van der Waals surface area contributed by atoms with Gasteiger partial charge in [0, 0.05) is 11.3 Å². The molecular formula is C13H12F4N2O3S. The van der Waals surface area contributed by atoms with E-state index in [1.807, 2.05) is 0 Å². The van der Waals surface area contributed by atoms with Crippen molar-refractivity contribution in [2.24, 2.45) is 5.10 Å². The molecule has 0 aromatic heterocycles. The molecule has 0 saturated heterocycles. The predicted molar refractivity (Wildman–Crippen MR) is 76.7 cm³/mol. The van der Waals surface area contributed by atoms with Crippen molar-refractivity contribution in [1.29, 1.82) is 0 Å². The number of benzene rings is 1. The van der Waals surface area contributed by atoms with E-state index < -0.39 is 18.3 Å². The Morgan fingerprint density at radius 3 is 2.70 bits per heavy atom. The van der Waals surface area contributed by atoms with Crippen LogP contribution in [0.5, 0.6) is 11.5 Å². The number of hydrogen-bond donors (Lipinski definition) is 1. The van der Waals surface area contributed by atoms with Crippen LogP contribution in [0.1, 0.15) is 12.5 Å². The fraction of sp³-hybridized carbons (Fsp3) is 0.385. The summed E-state index contributed by atoms with van der Waals surface area (Å²) in [6.45, 7) is 1.73. The number of amides is 1. The fourth-order valence-corrected chi connectivity index (χ4v) is 2.30. The van der Waals surface area contributed by atoms with Gasteiger partial charge in [-0.1, -0.05) is 11.8 Å². The lowest BCUT2D eigenvalue weighted by Gasteiger charge is -2.20. The summed E-state index contributed by atoms with van der Waals surface area (Å²) in [5.41, 5.74) is 3.25. The summed E-state index contributed by atoms with van der Waals surface area (Å²) >= 11 is 0.986. The van der Waals surface area contributed by atoms with Crippen molar-refractivity contribution in [1.82, 2.24) is 5.43 Å². The molecule has 1 aromatic rings. The summed E-state index contributed by atoms with van der Waals surface area (Å²) in [5.74, 6) is -0.339. The first-order chi connectivity index (χ1) is 10.8. The third kappa shape index (κ3) is 4.27. The first-order valence-electron chi connectivity index (χ1n) is 6.45. The molecule has 0 aliphatic carbocycles. The second-order valence-electron chi connectivity index (χ2n) is 4.31. The second kappa shape index (κ2) is 7.07. The maximum absolute atomic E-state index is 13.0. The van der Waals surface area contributed by atoms with Crippen LogP contribution in [-0.4, -0.2) is 35.8 Å². The minimum atomic E-state index is -4.63. The number of carbonyl (C=O) groups is 1. The van der Waals surface area contributed by atoms with Gasteiger partial charge in [0.15, 0.2) is 11.5 Å². The molecule has 1 N–H and O–H groups in total. The van der Waals surface area contributed by atoms with Gasteiger partial charge in [0.1, 0.15) is 0 Å². The highest BCUT2D eigenvalue weighted by Gasteiger charge is 2.44. The standard InChI is InChI=1S/C13H12F4N2O3S/c1-2-21-10-5-7(8-6-23-12(20)19-18-8)3-4-9(10)22-13(16,17)11(14)15/h3-5,11H,2,6H2,1H3,(H,19,20). The summed E-state index contributed by atoms with van der Waals surface area (Å²) in [6, 6.07) is 3.81. The Bertz CT molecular complexity index is 625. The number of ether oxygens (including phenoxy) is 2. The lowest BCUT2D eigenvalue weighted by Crippen LogP contribution is -2.33. The number of hydrogen-bond acceptors (Lipinski definition) is 5. The van der Waals surface area contributed by atoms with Crippen molar-refractivity contribution in [2.75, 3.05) is 12.4 Å². The molecule has 0 atom stereocenters. The molecule has 1 aromatic carbocycles. The molecule has 126 valence electrons. The number of rotatable bonds is 6. The first kappa shape index (κ1) is 17.4. The van der Waals surface area contributed by atoms with Gasteiger partial charge in [0.25, 0.3) is 5.24 Å². The number of nitrogens with one attached hydrogen (secondary N) is 1. The zero-order valence-corrected chi connectivity index (χ0v) is 12.6. The normalized spacial score (nSPS) is 15.2. The zero-order valence-electron chi connectivity index (χ0n) is 11.8. The quantitative estimate of drug-likeness (QED) is 0.797. The van der Waals surface area contributed by atoms with Gasteiger partial charge in [-0.2, -0.15) is 22.7 Å². The van der Waals surface area contributed by atoms with Gasteiger partial charge >= 0.3 is 12.5 Å². The van der Waals surface area contributed by atoms with E-state index in [4.69, 9.17) is 4.74 Å². The van der Waals surface area contributed by atoms with Crippen molar-refractivity contribution >= 4 is 22.7 Å². The van der Waals surface area contributed by atoms with E-state index in [2.05, 4.69) is 15.3 Å². The van der Waals surface area contributed by atoms with Crippen LogP contribution in [0.4, 0.5) is 22.4 Å². The van der Waals surface area contributed by atoms with E-state index in [1.165, 1.54) is 12.1 Å². The molecule has 0 fully saturated rings. The average Bonchev–Trinajstić information content (AvgIpc) is 2.50. The predicted octanol–water partition coefficient (Wildman–Crippen LogP) is 3.48. The summed E-state index contributed by atoms with van der Waals surface area (Å²) in [6.07, 6.45) is -8.59. The summed E-state index contributed by atoms with van der Waals surface area (Å²) < 4.78 is 59.8. The highest BCUT2D eigenvalue weighted by molar-refractivity contribution is 8.14. The van der Waals surface area contributed by atoms with Crippen LogP contribution in [0.15, 0.2) is 23.3 Å². The molecule has 10 heteroatoms. The minimum absolute atomic E-state index is 0.116. The monoisotopic (exact) mass is 352 g/mol. The average molecular weight is 352 g/mol. The lowest BCUT2D eigenvalue weighted by molar-refractivity contribution is -0.253. The van der Waals surface area contributed by atoms with E-state index in [9.17, 15) is 22.4 Å². The Balaban J connectivity index is 2.29. The zero-order chi connectivity index (χ0) is 17.0. The maximum atomic E-state index is 13.0. The molecule has 0 radical (unpaired) electrons. The SMILES string of the molecule is CCOc1cc(C2=NNC(=O)SC2)ccc1OC(F)(F)C(F)F. The van der Waals surface area contributed by atoms with Crippen molar-refractivity contribution in [3.8, 4) is 11.5 Å². The van der Waals surface area contributed by atoms with Crippen molar-refractivity contribution in [3.63, 3.8) is 0 Å². The first-order valence-corrected chi connectivity index (χ1v) is 7.43. The largest absolute Gasteiger partial charge is 0.490 e. The van der Waals surface area contributed by atoms with Gasteiger partial charge in [0.2, 0.25) is 0 Å². The van der Waals surface area contributed by atoms with Gasteiger partial charge in [-0.3, -0.25) is 4.79 Å². The fourth-order valence-electron chi connectivity index (χ4n) is 1.69. The Kier molecular flexibility index (Phi) is 5.34. The van der Waals surface area contributed by atoms with Crippen LogP contribution >= 0.6 is 11.8 Å². The lowest BCUT2D eigenvalue weighted by atomic mass is 10.1. The van der Waals surface area contributed by atoms with Crippen LogP contribution in [0, 0.1) is 0 Å². The third-order valence-corrected chi connectivity index (χ3v) is 3.47. The number of nitrogens with zero attached hydrogens (tertiary/aromatic N) is 1. The van der Waals surface area contributed by atoms with Crippen LogP contribution in [0.3, 0.4) is 0 Å². The Labute approximate surface area is 133 Å². The number of alkyl halides is 4. The van der Waals surface area contributed by atoms with Gasteiger partial charge in [-0.15, -0.1) is 0 Å². The summed E-state index contributed by atoms with van der Waals surface area (Å²) in [7, 11) is 0. The van der Waals surface area contributed by atoms with Crippen LogP contribution in [-0.2, 0) is 0 Å². The maximum Gasteiger partial charge on any atom is 0.461 e. The van der Waals surface area contributed by atoms with E-state index in [1.54, 1.807) is 6.92 Å². The van der Waals surface area contributed by atoms with E-state index in [-0.39, 0.29) is 23.3 Å². The number of carbonyl (C=O) groups excluding carboxylic acids is 1. The Morgan fingerprint density at radius 1 is 1.39 bits per heavy atom. The van der Waals surface area contributed by atoms with Gasteiger partial charge in [0.05, 0.1) is 12.3 Å². The molecule has 0 bridgehead atoms. The van der Waals surface area contributed by atoms with Crippen molar-refractivity contribution in [2.45, 2.75) is 19.5 Å². The molecule has 0 unspecified atom stereocenters. The highest BCUT2D eigenvalue weighted by Crippen LogP contribution is 2.35. The molecule has 1 heterocycles. The number of hydrazone groups is 1. The molecule has 2 rings (SSSR count). The van der Waals surface area contributed by atoms with Crippen LogP contribution < -0.4 is 14.9 Å². The molecule has 23 heavy (non-hydrogen) atoms. The van der Waals surface area contributed by atoms with E-state index >= 15 is 0 Å². The molecule has 0 saturated carbocycles. The molecule has 5 nitrogen and oxygen atoms in total. The molecule has 1 amide bonds. The smallest absolute Gasteiger partial charge is 0.461 e. The second-order valence-corrected chi connectivity index (χ2v) is 5.25. The van der Waals surface area contributed by atoms with Gasteiger partial charge in [-0.05, 0) is 25.1 Å².